The van der Waals surface area contributed by atoms with Gasteiger partial charge in [-0.2, -0.15) is 13.2 Å². The van der Waals surface area contributed by atoms with Crippen LogP contribution >= 0.6 is 11.6 Å². The lowest BCUT2D eigenvalue weighted by molar-refractivity contribution is -0.137. The highest BCUT2D eigenvalue weighted by Crippen LogP contribution is 2.30. The van der Waals surface area contributed by atoms with E-state index in [9.17, 15) is 26.4 Å². The number of alkyl halides is 3. The van der Waals surface area contributed by atoms with Crippen LogP contribution in [0.1, 0.15) is 5.56 Å². The molecule has 1 amide bonds. The summed E-state index contributed by atoms with van der Waals surface area (Å²) in [5.41, 5.74) is -0.741. The minimum absolute atomic E-state index is 0.357. The second kappa shape index (κ2) is 7.42. The van der Waals surface area contributed by atoms with Crippen molar-refractivity contribution in [2.45, 2.75) is 11.1 Å². The lowest BCUT2D eigenvalue weighted by Crippen LogP contribution is -2.33. The maximum atomic E-state index is 12.7. The number of halogens is 4. The first-order chi connectivity index (χ1) is 11.6. The van der Waals surface area contributed by atoms with Crippen LogP contribution in [0, 0.1) is 0 Å². The Morgan fingerprint density at radius 1 is 1.08 bits per heavy atom. The molecule has 0 unspecified atom stereocenters. The Hall–Kier alpha value is -2.10. The van der Waals surface area contributed by atoms with Gasteiger partial charge in [-0.1, -0.05) is 23.7 Å². The van der Waals surface area contributed by atoms with Crippen molar-refractivity contribution in [3.8, 4) is 0 Å². The lowest BCUT2D eigenvalue weighted by atomic mass is 10.2. The summed E-state index contributed by atoms with van der Waals surface area (Å²) in [6.45, 7) is -0.648. The number of anilines is 1. The van der Waals surface area contributed by atoms with Crippen LogP contribution in [0.3, 0.4) is 0 Å². The number of rotatable bonds is 5. The highest BCUT2D eigenvalue weighted by molar-refractivity contribution is 7.89. The molecule has 25 heavy (non-hydrogen) atoms. The van der Waals surface area contributed by atoms with Gasteiger partial charge in [0.1, 0.15) is 0 Å². The molecule has 10 heteroatoms. The third kappa shape index (κ3) is 5.45. The monoisotopic (exact) mass is 392 g/mol. The van der Waals surface area contributed by atoms with E-state index in [4.69, 9.17) is 11.6 Å². The van der Waals surface area contributed by atoms with Crippen LogP contribution in [0.25, 0.3) is 0 Å². The third-order valence-electron chi connectivity index (χ3n) is 3.00. The number of nitrogens with one attached hydrogen (secondary N) is 2. The molecular formula is C15H12ClF3N2O3S. The second-order valence-corrected chi connectivity index (χ2v) is 7.11. The molecule has 2 N–H and O–H groups in total. The molecule has 2 aromatic rings. The number of carbonyl (C=O) groups is 1. The predicted molar refractivity (Wildman–Crippen MR) is 86.7 cm³/mol. The summed E-state index contributed by atoms with van der Waals surface area (Å²) in [5, 5.41) is 2.79. The fourth-order valence-electron chi connectivity index (χ4n) is 1.85. The minimum Gasteiger partial charge on any atom is -0.325 e. The van der Waals surface area contributed by atoms with Gasteiger partial charge < -0.3 is 5.32 Å². The van der Waals surface area contributed by atoms with E-state index in [-0.39, 0.29) is 0 Å². The van der Waals surface area contributed by atoms with Crippen LogP contribution in [0.15, 0.2) is 53.4 Å². The van der Waals surface area contributed by atoms with Gasteiger partial charge in [0.15, 0.2) is 0 Å². The number of hydrogen-bond donors (Lipinski definition) is 2. The Morgan fingerprint density at radius 3 is 2.40 bits per heavy atom. The molecule has 0 fully saturated rings. The largest absolute Gasteiger partial charge is 0.416 e. The summed E-state index contributed by atoms with van der Waals surface area (Å²) in [6, 6.07) is 9.42. The molecule has 0 atom stereocenters. The van der Waals surface area contributed by atoms with Crippen molar-refractivity contribution in [3.05, 3.63) is 59.1 Å². The summed E-state index contributed by atoms with van der Waals surface area (Å²) in [7, 11) is -4.28. The first-order valence-electron chi connectivity index (χ1n) is 6.80. The molecule has 134 valence electrons. The zero-order valence-corrected chi connectivity index (χ0v) is 14.0. The first-order valence-corrected chi connectivity index (χ1v) is 8.66. The summed E-state index contributed by atoms with van der Waals surface area (Å²) < 4.78 is 64.0. The number of carbonyl (C=O) groups excluding carboxylic acids is 1. The molecule has 0 aliphatic rings. The molecule has 0 bridgehead atoms. The molecule has 5 nitrogen and oxygen atoms in total. The highest BCUT2D eigenvalue weighted by atomic mass is 35.5. The van der Waals surface area contributed by atoms with Gasteiger partial charge >= 0.3 is 6.18 Å². The van der Waals surface area contributed by atoms with Crippen molar-refractivity contribution in [1.82, 2.24) is 4.72 Å². The fraction of sp³-hybridized carbons (Fsp3) is 0.133. The van der Waals surface area contributed by atoms with Crippen LogP contribution in [-0.2, 0) is 21.0 Å². The fourth-order valence-corrected chi connectivity index (χ4v) is 3.07. The van der Waals surface area contributed by atoms with Gasteiger partial charge in [0, 0.05) is 10.7 Å². The first kappa shape index (κ1) is 19.2. The molecule has 0 saturated heterocycles. The van der Waals surface area contributed by atoms with Crippen LogP contribution in [-0.4, -0.2) is 20.9 Å². The molecule has 2 rings (SSSR count). The Labute approximate surface area is 146 Å². The Morgan fingerprint density at radius 2 is 1.76 bits per heavy atom. The Bertz CT molecular complexity index is 886. The number of amides is 1. The van der Waals surface area contributed by atoms with Gasteiger partial charge in [0.25, 0.3) is 0 Å². The lowest BCUT2D eigenvalue weighted by Gasteiger charge is -2.10. The number of sulfonamides is 1. The normalized spacial score (nSPS) is 12.0. The standard InChI is InChI=1S/C15H12ClF3N2O3S/c16-11-4-2-5-12(8-11)21-14(22)9-20-25(23,24)13-6-1-3-10(7-13)15(17,18)19/h1-8,20H,9H2,(H,21,22). The summed E-state index contributed by atoms with van der Waals surface area (Å²) in [5.74, 6) is -0.696. The van der Waals surface area contributed by atoms with Gasteiger partial charge in [0.05, 0.1) is 17.0 Å². The SMILES string of the molecule is O=C(CNS(=O)(=O)c1cccc(C(F)(F)F)c1)Nc1cccc(Cl)c1. The van der Waals surface area contributed by atoms with E-state index in [1.54, 1.807) is 18.2 Å². The second-order valence-electron chi connectivity index (χ2n) is 4.91. The van der Waals surface area contributed by atoms with E-state index in [1.807, 2.05) is 4.72 Å². The summed E-state index contributed by atoms with van der Waals surface area (Å²) in [4.78, 5) is 11.2. The molecule has 0 aliphatic carbocycles. The van der Waals surface area contributed by atoms with E-state index in [1.165, 1.54) is 6.07 Å². The molecule has 2 aromatic carbocycles. The molecule has 0 spiro atoms. The average Bonchev–Trinajstić information content (AvgIpc) is 2.52. The number of benzene rings is 2. The number of hydrogen-bond acceptors (Lipinski definition) is 3. The van der Waals surface area contributed by atoms with Crippen LogP contribution < -0.4 is 10.0 Å². The highest BCUT2D eigenvalue weighted by Gasteiger charge is 2.31. The van der Waals surface area contributed by atoms with Crippen molar-refractivity contribution in [1.29, 1.82) is 0 Å². The van der Waals surface area contributed by atoms with Crippen molar-refractivity contribution in [3.63, 3.8) is 0 Å². The van der Waals surface area contributed by atoms with Crippen molar-refractivity contribution < 1.29 is 26.4 Å². The van der Waals surface area contributed by atoms with E-state index in [2.05, 4.69) is 5.32 Å². The third-order valence-corrected chi connectivity index (χ3v) is 4.64. The molecule has 0 heterocycles. The van der Waals surface area contributed by atoms with E-state index in [0.29, 0.717) is 16.8 Å². The van der Waals surface area contributed by atoms with Gasteiger partial charge in [-0.25, -0.2) is 13.1 Å². The van der Waals surface area contributed by atoms with E-state index >= 15 is 0 Å². The van der Waals surface area contributed by atoms with Crippen LogP contribution in [0.5, 0.6) is 0 Å². The maximum Gasteiger partial charge on any atom is 0.416 e. The van der Waals surface area contributed by atoms with Gasteiger partial charge in [-0.15, -0.1) is 0 Å². The Balaban J connectivity index is 2.05. The summed E-state index contributed by atoms with van der Waals surface area (Å²) in [6.07, 6.45) is -4.67. The molecule has 0 saturated carbocycles. The molecule has 0 aliphatic heterocycles. The quantitative estimate of drug-likeness (QED) is 0.820. The minimum atomic E-state index is -4.67. The zero-order valence-electron chi connectivity index (χ0n) is 12.5. The smallest absolute Gasteiger partial charge is 0.325 e. The zero-order chi connectivity index (χ0) is 18.7. The van der Waals surface area contributed by atoms with Crippen molar-refractivity contribution in [2.24, 2.45) is 0 Å². The maximum absolute atomic E-state index is 12.7. The Kier molecular flexibility index (Phi) is 5.71. The summed E-state index contributed by atoms with van der Waals surface area (Å²) >= 11 is 5.75. The topological polar surface area (TPSA) is 75.3 Å². The molecule has 0 radical (unpaired) electrons. The van der Waals surface area contributed by atoms with Crippen LogP contribution in [0.4, 0.5) is 18.9 Å². The average molecular weight is 393 g/mol. The van der Waals surface area contributed by atoms with Crippen molar-refractivity contribution >= 4 is 33.2 Å². The predicted octanol–water partition coefficient (Wildman–Crippen LogP) is 3.28. The van der Waals surface area contributed by atoms with Gasteiger partial charge in [-0.05, 0) is 36.4 Å². The van der Waals surface area contributed by atoms with Gasteiger partial charge in [-0.3, -0.25) is 4.79 Å². The van der Waals surface area contributed by atoms with E-state index in [0.717, 1.165) is 18.2 Å². The van der Waals surface area contributed by atoms with E-state index < -0.39 is 39.1 Å². The van der Waals surface area contributed by atoms with Crippen molar-refractivity contribution in [2.75, 3.05) is 11.9 Å². The molecule has 0 aromatic heterocycles. The molecular weight excluding hydrogens is 381 g/mol. The van der Waals surface area contributed by atoms with Gasteiger partial charge in [0.2, 0.25) is 15.9 Å². The van der Waals surface area contributed by atoms with Crippen LogP contribution in [0.2, 0.25) is 5.02 Å².